The Bertz CT molecular complexity index is 1020. The van der Waals surface area contributed by atoms with Gasteiger partial charge in [0.2, 0.25) is 5.91 Å². The van der Waals surface area contributed by atoms with Gasteiger partial charge >= 0.3 is 5.97 Å². The van der Waals surface area contributed by atoms with E-state index in [9.17, 15) is 9.59 Å². The van der Waals surface area contributed by atoms with Gasteiger partial charge in [0.05, 0.1) is 0 Å². The van der Waals surface area contributed by atoms with E-state index in [1.54, 1.807) is 12.1 Å². The van der Waals surface area contributed by atoms with Gasteiger partial charge in [-0.15, -0.1) is 0 Å². The molecule has 0 aromatic heterocycles. The number of esters is 1. The number of rotatable bonds is 1. The van der Waals surface area contributed by atoms with Crippen LogP contribution in [0.4, 0.5) is 5.69 Å². The number of anilines is 1. The zero-order valence-electron chi connectivity index (χ0n) is 15.2. The molecule has 6 heteroatoms. The molecule has 6 rings (SSSR count). The number of cyclic esters (lactones) is 1. The summed E-state index contributed by atoms with van der Waals surface area (Å²) < 4.78 is 6.03. The number of amides is 1. The topological polar surface area (TPSA) is 58.6 Å². The van der Waals surface area contributed by atoms with Crippen molar-refractivity contribution in [2.45, 2.75) is 36.9 Å². The Hall–Kier alpha value is -2.37. The van der Waals surface area contributed by atoms with E-state index in [4.69, 9.17) is 16.3 Å². The molecule has 2 aromatic carbocycles. The van der Waals surface area contributed by atoms with Crippen molar-refractivity contribution in [1.29, 1.82) is 0 Å². The second-order valence-electron chi connectivity index (χ2n) is 8.21. The number of benzene rings is 2. The molecule has 0 radical (unpaired) electrons. The van der Waals surface area contributed by atoms with E-state index < -0.39 is 17.1 Å². The summed E-state index contributed by atoms with van der Waals surface area (Å²) in [6.45, 7) is 0.802. The van der Waals surface area contributed by atoms with Crippen LogP contribution in [0.5, 0.6) is 0 Å². The summed E-state index contributed by atoms with van der Waals surface area (Å²) in [7, 11) is 0. The molecule has 28 heavy (non-hydrogen) atoms. The molecule has 4 atom stereocenters. The van der Waals surface area contributed by atoms with Crippen LogP contribution in [0.25, 0.3) is 0 Å². The van der Waals surface area contributed by atoms with Gasteiger partial charge in [-0.1, -0.05) is 41.9 Å². The number of nitrogens with zero attached hydrogens (tertiary/aromatic N) is 1. The number of carbonyl (C=O) groups is 2. The maximum Gasteiger partial charge on any atom is 0.333 e. The number of nitrogens with one attached hydrogen (secondary N) is 1. The van der Waals surface area contributed by atoms with E-state index in [2.05, 4.69) is 10.2 Å². The molecule has 4 aliphatic rings. The van der Waals surface area contributed by atoms with E-state index in [0.29, 0.717) is 17.1 Å². The fraction of sp³-hybridized carbons (Fsp3) is 0.364. The maximum atomic E-state index is 13.7. The molecular formula is C22H19ClN2O3. The smallest absolute Gasteiger partial charge is 0.333 e. The summed E-state index contributed by atoms with van der Waals surface area (Å²) in [4.78, 5) is 29.6. The first-order valence-electron chi connectivity index (χ1n) is 9.73. The van der Waals surface area contributed by atoms with Crippen LogP contribution in [-0.2, 0) is 19.9 Å². The Morgan fingerprint density at radius 1 is 1.11 bits per heavy atom. The zero-order valence-corrected chi connectivity index (χ0v) is 15.9. The summed E-state index contributed by atoms with van der Waals surface area (Å²) in [5.74, 6) is -0.425. The minimum atomic E-state index is -1.06. The molecule has 4 heterocycles. The van der Waals surface area contributed by atoms with E-state index in [1.165, 1.54) is 0 Å². The third-order valence-corrected chi connectivity index (χ3v) is 7.37. The van der Waals surface area contributed by atoms with E-state index in [-0.39, 0.29) is 17.9 Å². The van der Waals surface area contributed by atoms with Crippen LogP contribution >= 0.6 is 11.6 Å². The summed E-state index contributed by atoms with van der Waals surface area (Å²) in [6, 6.07) is 15.2. The largest absolute Gasteiger partial charge is 0.455 e. The lowest BCUT2D eigenvalue weighted by Crippen LogP contribution is -2.60. The SMILES string of the molecule is O=C1Nc2ccccc2[C@]23C(=O)O[C@H](c4ccc(Cl)cc4)[C@]12CC1CCCN13. The van der Waals surface area contributed by atoms with E-state index >= 15 is 0 Å². The first-order valence-corrected chi connectivity index (χ1v) is 10.1. The molecule has 2 aromatic rings. The molecule has 1 N–H and O–H groups in total. The fourth-order valence-electron chi connectivity index (χ4n) is 6.17. The third-order valence-electron chi connectivity index (χ3n) is 7.12. The lowest BCUT2D eigenvalue weighted by Gasteiger charge is -2.45. The van der Waals surface area contributed by atoms with Gasteiger partial charge in [-0.3, -0.25) is 9.69 Å². The predicted molar refractivity (Wildman–Crippen MR) is 104 cm³/mol. The van der Waals surface area contributed by atoms with Crippen LogP contribution in [0.3, 0.4) is 0 Å². The molecule has 0 spiro atoms. The Balaban J connectivity index is 1.65. The van der Waals surface area contributed by atoms with Gasteiger partial charge in [-0.05, 0) is 49.6 Å². The van der Waals surface area contributed by atoms with Crippen molar-refractivity contribution in [1.82, 2.24) is 4.90 Å². The minimum Gasteiger partial charge on any atom is -0.455 e. The first-order chi connectivity index (χ1) is 13.6. The van der Waals surface area contributed by atoms with Gasteiger partial charge in [0.1, 0.15) is 11.5 Å². The van der Waals surface area contributed by atoms with Crippen LogP contribution in [0.15, 0.2) is 48.5 Å². The Morgan fingerprint density at radius 2 is 1.89 bits per heavy atom. The molecule has 1 unspecified atom stereocenters. The Morgan fingerprint density at radius 3 is 2.71 bits per heavy atom. The van der Waals surface area contributed by atoms with E-state index in [1.807, 2.05) is 36.4 Å². The molecule has 0 aliphatic carbocycles. The van der Waals surface area contributed by atoms with Crippen LogP contribution in [0.2, 0.25) is 5.02 Å². The molecule has 3 saturated heterocycles. The third kappa shape index (κ3) is 1.69. The number of fused-ring (bicyclic) bond motifs is 2. The summed E-state index contributed by atoms with van der Waals surface area (Å²) in [5.41, 5.74) is 0.356. The van der Waals surface area contributed by atoms with Crippen LogP contribution < -0.4 is 5.32 Å². The van der Waals surface area contributed by atoms with Crippen LogP contribution in [0, 0.1) is 5.41 Å². The van der Waals surface area contributed by atoms with Gasteiger partial charge < -0.3 is 10.1 Å². The van der Waals surface area contributed by atoms with Gasteiger partial charge in [0.25, 0.3) is 0 Å². The summed E-state index contributed by atoms with van der Waals surface area (Å²) >= 11 is 6.07. The van der Waals surface area contributed by atoms with Crippen molar-refractivity contribution in [2.24, 2.45) is 5.41 Å². The van der Waals surface area contributed by atoms with Crippen LogP contribution in [0.1, 0.15) is 36.5 Å². The quantitative estimate of drug-likeness (QED) is 0.750. The Labute approximate surface area is 167 Å². The van der Waals surface area contributed by atoms with Crippen molar-refractivity contribution in [3.8, 4) is 0 Å². The molecule has 0 bridgehead atoms. The predicted octanol–water partition coefficient (Wildman–Crippen LogP) is 3.64. The standard InChI is InChI=1S/C22H19ClN2O3/c23-14-9-7-13(8-10-14)18-21-12-15-4-3-11-25(15)22(21,20(27)28-18)16-5-1-2-6-17(16)24-19(21)26/h1-2,5-10,15,18H,3-4,11-12H2,(H,24,26)/t15?,18-,21-,22+/m1/s1. The van der Waals surface area contributed by atoms with Gasteiger partial charge in [0.15, 0.2) is 5.54 Å². The average Bonchev–Trinajstić information content (AvgIpc) is 3.32. The highest BCUT2D eigenvalue weighted by Gasteiger charge is 2.81. The fourth-order valence-corrected chi connectivity index (χ4v) is 6.29. The highest BCUT2D eigenvalue weighted by Crippen LogP contribution is 2.70. The minimum absolute atomic E-state index is 0.119. The second-order valence-corrected chi connectivity index (χ2v) is 8.65. The van der Waals surface area contributed by atoms with Gasteiger partial charge in [-0.2, -0.15) is 0 Å². The van der Waals surface area contributed by atoms with E-state index in [0.717, 1.165) is 30.5 Å². The lowest BCUT2D eigenvalue weighted by molar-refractivity contribution is -0.151. The lowest BCUT2D eigenvalue weighted by atomic mass is 9.60. The molecule has 3 fully saturated rings. The summed E-state index contributed by atoms with van der Waals surface area (Å²) in [6.07, 6.45) is 2.02. The van der Waals surface area contributed by atoms with Gasteiger partial charge in [0, 0.05) is 22.3 Å². The molecular weight excluding hydrogens is 376 g/mol. The number of halogens is 1. The highest BCUT2D eigenvalue weighted by atomic mass is 35.5. The molecule has 1 amide bonds. The van der Waals surface area contributed by atoms with Crippen molar-refractivity contribution in [2.75, 3.05) is 11.9 Å². The normalized spacial score (nSPS) is 35.6. The van der Waals surface area contributed by atoms with Crippen LogP contribution in [-0.4, -0.2) is 29.4 Å². The van der Waals surface area contributed by atoms with Gasteiger partial charge in [-0.25, -0.2) is 4.79 Å². The molecule has 5 nitrogen and oxygen atoms in total. The number of para-hydroxylation sites is 1. The monoisotopic (exact) mass is 394 g/mol. The zero-order chi connectivity index (χ0) is 19.1. The number of hydrogen-bond acceptors (Lipinski definition) is 4. The maximum absolute atomic E-state index is 13.7. The van der Waals surface area contributed by atoms with Crippen molar-refractivity contribution in [3.63, 3.8) is 0 Å². The number of hydrogen-bond donors (Lipinski definition) is 1. The molecule has 0 saturated carbocycles. The molecule has 4 aliphatic heterocycles. The number of carbonyl (C=O) groups excluding carboxylic acids is 2. The first kappa shape index (κ1) is 16.6. The van der Waals surface area contributed by atoms with Crippen molar-refractivity contribution >= 4 is 29.2 Å². The number of ether oxygens (including phenoxy) is 1. The highest BCUT2D eigenvalue weighted by molar-refractivity contribution is 6.30. The van der Waals surface area contributed by atoms with Crippen molar-refractivity contribution < 1.29 is 14.3 Å². The second kappa shape index (κ2) is 5.37. The average molecular weight is 395 g/mol. The molecule has 142 valence electrons. The van der Waals surface area contributed by atoms with Crippen molar-refractivity contribution in [3.05, 3.63) is 64.7 Å². The Kier molecular flexibility index (Phi) is 3.18. The summed E-state index contributed by atoms with van der Waals surface area (Å²) in [5, 5.41) is 3.70.